The van der Waals surface area contributed by atoms with E-state index in [1.165, 1.54) is 0 Å². The van der Waals surface area contributed by atoms with Crippen LogP contribution < -0.4 is 10.4 Å². The van der Waals surface area contributed by atoms with Gasteiger partial charge >= 0.3 is 0 Å². The molecule has 0 aliphatic rings. The SMILES string of the molecule is C=c1cccc/c1=C(/CC)S(=O)(=O)c1ccc(C)cc1. The number of rotatable bonds is 3. The summed E-state index contributed by atoms with van der Waals surface area (Å²) >= 11 is 0. The summed E-state index contributed by atoms with van der Waals surface area (Å²) in [5.74, 6) is 0. The van der Waals surface area contributed by atoms with Gasteiger partial charge in [-0.15, -0.1) is 0 Å². The molecule has 0 aromatic heterocycles. The third-order valence-corrected chi connectivity index (χ3v) is 5.34. The molecule has 0 saturated carbocycles. The molecular formula is C17H18O2S. The van der Waals surface area contributed by atoms with E-state index in [-0.39, 0.29) is 0 Å². The van der Waals surface area contributed by atoms with Crippen LogP contribution in [-0.4, -0.2) is 8.42 Å². The first-order chi connectivity index (χ1) is 9.46. The van der Waals surface area contributed by atoms with E-state index >= 15 is 0 Å². The van der Waals surface area contributed by atoms with Crippen molar-refractivity contribution in [3.05, 3.63) is 64.5 Å². The summed E-state index contributed by atoms with van der Waals surface area (Å²) < 4.78 is 25.5. The van der Waals surface area contributed by atoms with Crippen LogP contribution in [0.15, 0.2) is 53.4 Å². The molecule has 0 radical (unpaired) electrons. The Bertz CT molecular complexity index is 816. The first-order valence-electron chi connectivity index (χ1n) is 6.55. The summed E-state index contributed by atoms with van der Waals surface area (Å²) in [4.78, 5) is 0.759. The van der Waals surface area contributed by atoms with Gasteiger partial charge in [0.15, 0.2) is 0 Å². The summed E-state index contributed by atoms with van der Waals surface area (Å²) in [5.41, 5.74) is 1.04. The molecule has 0 aliphatic carbocycles. The van der Waals surface area contributed by atoms with Crippen molar-refractivity contribution in [1.82, 2.24) is 0 Å². The first kappa shape index (κ1) is 14.5. The molecule has 3 heteroatoms. The molecule has 0 fully saturated rings. The molecule has 0 heterocycles. The van der Waals surface area contributed by atoms with Crippen LogP contribution in [0.2, 0.25) is 0 Å². The quantitative estimate of drug-likeness (QED) is 0.868. The monoisotopic (exact) mass is 286 g/mol. The number of hydrogen-bond donors (Lipinski definition) is 0. The highest BCUT2D eigenvalue weighted by Gasteiger charge is 2.19. The van der Waals surface area contributed by atoms with Crippen LogP contribution in [0.4, 0.5) is 0 Å². The van der Waals surface area contributed by atoms with Gasteiger partial charge in [-0.1, -0.05) is 55.5 Å². The van der Waals surface area contributed by atoms with Crippen LogP contribution in [-0.2, 0) is 9.84 Å². The van der Waals surface area contributed by atoms with E-state index in [2.05, 4.69) is 6.58 Å². The number of aryl methyl sites for hydroxylation is 1. The lowest BCUT2D eigenvalue weighted by atomic mass is 10.2. The van der Waals surface area contributed by atoms with Crippen molar-refractivity contribution in [3.63, 3.8) is 0 Å². The highest BCUT2D eigenvalue weighted by Crippen LogP contribution is 2.21. The Morgan fingerprint density at radius 3 is 2.20 bits per heavy atom. The molecule has 0 unspecified atom stereocenters. The zero-order valence-corrected chi connectivity index (χ0v) is 12.6. The number of benzene rings is 2. The Morgan fingerprint density at radius 1 is 1.05 bits per heavy atom. The standard InChI is InChI=1S/C17H18O2S/c1-4-17(16-8-6-5-7-14(16)3)20(18,19)15-11-9-13(2)10-12-15/h5-12H,3-4H2,1-2H3/b17-16+. The van der Waals surface area contributed by atoms with Crippen molar-refractivity contribution in [2.45, 2.75) is 25.2 Å². The lowest BCUT2D eigenvalue weighted by molar-refractivity contribution is 0.604. The molecule has 0 N–H and O–H groups in total. The fraction of sp³-hybridized carbons (Fsp3) is 0.176. The van der Waals surface area contributed by atoms with Crippen LogP contribution in [0.25, 0.3) is 11.5 Å². The predicted octanol–water partition coefficient (Wildman–Crippen LogP) is 2.40. The Balaban J connectivity index is 2.76. The van der Waals surface area contributed by atoms with Gasteiger partial charge in [0.2, 0.25) is 9.84 Å². The Morgan fingerprint density at radius 2 is 1.65 bits per heavy atom. The molecular weight excluding hydrogens is 268 g/mol. The maximum atomic E-state index is 12.8. The second kappa shape index (κ2) is 5.63. The summed E-state index contributed by atoms with van der Waals surface area (Å²) in [6.07, 6.45) is 0.447. The lowest BCUT2D eigenvalue weighted by Crippen LogP contribution is -2.27. The van der Waals surface area contributed by atoms with Gasteiger partial charge in [-0.25, -0.2) is 8.42 Å². The van der Waals surface area contributed by atoms with E-state index in [9.17, 15) is 8.42 Å². The Labute approximate surface area is 120 Å². The van der Waals surface area contributed by atoms with E-state index in [0.717, 1.165) is 10.8 Å². The molecule has 0 bridgehead atoms. The van der Waals surface area contributed by atoms with E-state index < -0.39 is 9.84 Å². The van der Waals surface area contributed by atoms with E-state index in [0.29, 0.717) is 21.4 Å². The maximum absolute atomic E-state index is 12.8. The minimum atomic E-state index is -3.47. The largest absolute Gasteiger partial charge is 0.219 e. The van der Waals surface area contributed by atoms with Crippen molar-refractivity contribution in [3.8, 4) is 0 Å². The molecule has 0 spiro atoms. The van der Waals surface area contributed by atoms with E-state index in [4.69, 9.17) is 0 Å². The first-order valence-corrected chi connectivity index (χ1v) is 8.04. The van der Waals surface area contributed by atoms with Crippen LogP contribution in [0, 0.1) is 6.92 Å². The molecule has 0 atom stereocenters. The minimum Gasteiger partial charge on any atom is -0.219 e. The Hall–Kier alpha value is -1.87. The van der Waals surface area contributed by atoms with Gasteiger partial charge in [0.05, 0.1) is 9.80 Å². The second-order valence-electron chi connectivity index (χ2n) is 4.75. The number of hydrogen-bond acceptors (Lipinski definition) is 2. The van der Waals surface area contributed by atoms with Crippen molar-refractivity contribution < 1.29 is 8.42 Å². The predicted molar refractivity (Wildman–Crippen MR) is 83.3 cm³/mol. The van der Waals surface area contributed by atoms with Gasteiger partial charge in [-0.3, -0.25) is 0 Å². The van der Waals surface area contributed by atoms with Crippen LogP contribution in [0.1, 0.15) is 18.9 Å². The van der Waals surface area contributed by atoms with Gasteiger partial charge in [0.25, 0.3) is 0 Å². The normalized spacial score (nSPS) is 13.1. The molecule has 104 valence electrons. The van der Waals surface area contributed by atoms with Crippen molar-refractivity contribution in [2.75, 3.05) is 0 Å². The summed E-state index contributed by atoms with van der Waals surface area (Å²) in [6, 6.07) is 14.3. The average Bonchev–Trinajstić information content (AvgIpc) is 2.42. The van der Waals surface area contributed by atoms with Crippen LogP contribution >= 0.6 is 0 Å². The second-order valence-corrected chi connectivity index (χ2v) is 6.72. The summed E-state index contributed by atoms with van der Waals surface area (Å²) in [5, 5.41) is 1.44. The van der Waals surface area contributed by atoms with Gasteiger partial charge < -0.3 is 0 Å². The Kier molecular flexibility index (Phi) is 4.09. The molecule has 2 nitrogen and oxygen atoms in total. The van der Waals surface area contributed by atoms with E-state index in [1.54, 1.807) is 12.1 Å². The van der Waals surface area contributed by atoms with Gasteiger partial charge in [0.1, 0.15) is 0 Å². The molecule has 20 heavy (non-hydrogen) atoms. The fourth-order valence-corrected chi connectivity index (χ4v) is 3.82. The fourth-order valence-electron chi connectivity index (χ4n) is 2.18. The number of sulfone groups is 1. The zero-order valence-electron chi connectivity index (χ0n) is 11.8. The average molecular weight is 286 g/mol. The molecule has 2 rings (SSSR count). The van der Waals surface area contributed by atoms with Gasteiger partial charge in [0, 0.05) is 0 Å². The molecule has 2 aromatic rings. The van der Waals surface area contributed by atoms with E-state index in [1.807, 2.05) is 50.2 Å². The topological polar surface area (TPSA) is 34.1 Å². The summed E-state index contributed by atoms with van der Waals surface area (Å²) in [6.45, 7) is 7.72. The molecule has 2 aromatic carbocycles. The maximum Gasteiger partial charge on any atom is 0.203 e. The van der Waals surface area contributed by atoms with Crippen molar-refractivity contribution >= 4 is 21.3 Å². The van der Waals surface area contributed by atoms with Crippen molar-refractivity contribution in [1.29, 1.82) is 0 Å². The summed E-state index contributed by atoms with van der Waals surface area (Å²) in [7, 11) is -3.47. The third kappa shape index (κ3) is 2.68. The van der Waals surface area contributed by atoms with Crippen LogP contribution in [0.5, 0.6) is 0 Å². The highest BCUT2D eigenvalue weighted by molar-refractivity contribution is 8.00. The smallest absolute Gasteiger partial charge is 0.203 e. The van der Waals surface area contributed by atoms with Crippen molar-refractivity contribution in [2.24, 2.45) is 0 Å². The lowest BCUT2D eigenvalue weighted by Gasteiger charge is -2.08. The van der Waals surface area contributed by atoms with Gasteiger partial charge in [-0.05, 0) is 35.9 Å². The molecule has 0 aliphatic heterocycles. The van der Waals surface area contributed by atoms with Gasteiger partial charge in [-0.2, -0.15) is 0 Å². The zero-order chi connectivity index (χ0) is 14.8. The van der Waals surface area contributed by atoms with Crippen LogP contribution in [0.3, 0.4) is 0 Å². The molecule has 0 amide bonds. The molecule has 0 saturated heterocycles. The minimum absolute atomic E-state index is 0.336. The third-order valence-electron chi connectivity index (χ3n) is 3.29. The highest BCUT2D eigenvalue weighted by atomic mass is 32.2.